The van der Waals surface area contributed by atoms with Crippen molar-refractivity contribution >= 4 is 52.4 Å². The van der Waals surface area contributed by atoms with Gasteiger partial charge in [-0.2, -0.15) is 8.78 Å². The van der Waals surface area contributed by atoms with Crippen molar-refractivity contribution in [2.24, 2.45) is 0 Å². The molecule has 2 rings (SSSR count). The third-order valence-corrected chi connectivity index (χ3v) is 3.95. The van der Waals surface area contributed by atoms with Crippen LogP contribution in [0.4, 0.5) is 14.5 Å². The number of carbonyl (C=O) groups excluding carboxylic acids is 2. The fourth-order valence-electron chi connectivity index (χ4n) is 1.82. The number of carbonyl (C=O) groups is 2. The lowest BCUT2D eigenvalue weighted by Gasteiger charge is -2.10. The molecule has 10 heteroatoms. The zero-order valence-electron chi connectivity index (χ0n) is 12.8. The number of benzene rings is 2. The van der Waals surface area contributed by atoms with Crippen LogP contribution >= 0.6 is 34.8 Å². The van der Waals surface area contributed by atoms with Crippen LogP contribution in [0.15, 0.2) is 36.4 Å². The van der Waals surface area contributed by atoms with Gasteiger partial charge in [-0.15, -0.1) is 0 Å². The highest BCUT2D eigenvalue weighted by Gasteiger charge is 2.14. The molecule has 0 fully saturated rings. The van der Waals surface area contributed by atoms with Crippen LogP contribution in [0.5, 0.6) is 5.75 Å². The van der Waals surface area contributed by atoms with E-state index in [1.165, 1.54) is 30.3 Å². The lowest BCUT2D eigenvalue weighted by molar-refractivity contribution is -0.119. The molecular formula is C16H10Cl3F2NO4. The van der Waals surface area contributed by atoms with Crippen LogP contribution in [-0.2, 0) is 9.53 Å². The van der Waals surface area contributed by atoms with E-state index in [9.17, 15) is 18.4 Å². The van der Waals surface area contributed by atoms with Gasteiger partial charge >= 0.3 is 12.6 Å². The van der Waals surface area contributed by atoms with Crippen LogP contribution in [0.1, 0.15) is 10.4 Å². The third kappa shape index (κ3) is 5.72. The van der Waals surface area contributed by atoms with E-state index < -0.39 is 25.1 Å². The standard InChI is InChI=1S/C16H10Cl3F2NO4/c17-10-5-12(19)13(6-11(10)18)22-14(23)7-25-15(24)8-2-1-3-9(4-8)26-16(20)21/h1-6,16H,7H2,(H,22,23). The van der Waals surface area contributed by atoms with Gasteiger partial charge in [0.15, 0.2) is 6.61 Å². The summed E-state index contributed by atoms with van der Waals surface area (Å²) in [5, 5.41) is 2.95. The molecule has 0 bridgehead atoms. The number of hydrogen-bond donors (Lipinski definition) is 1. The fraction of sp³-hybridized carbons (Fsp3) is 0.125. The predicted molar refractivity (Wildman–Crippen MR) is 93.5 cm³/mol. The summed E-state index contributed by atoms with van der Waals surface area (Å²) < 4.78 is 33.4. The van der Waals surface area contributed by atoms with E-state index in [-0.39, 0.29) is 32.1 Å². The second-order valence-corrected chi connectivity index (χ2v) is 6.00. The van der Waals surface area contributed by atoms with Gasteiger partial charge in [-0.05, 0) is 30.3 Å². The Morgan fingerprint density at radius 1 is 1.04 bits per heavy atom. The zero-order valence-corrected chi connectivity index (χ0v) is 15.0. The largest absolute Gasteiger partial charge is 0.452 e. The van der Waals surface area contributed by atoms with Gasteiger partial charge in [0.25, 0.3) is 5.91 Å². The number of amides is 1. The zero-order chi connectivity index (χ0) is 19.3. The average Bonchev–Trinajstić information content (AvgIpc) is 2.57. The highest BCUT2D eigenvalue weighted by Crippen LogP contribution is 2.32. The number of anilines is 1. The summed E-state index contributed by atoms with van der Waals surface area (Å²) in [6, 6.07) is 7.68. The molecule has 0 atom stereocenters. The van der Waals surface area contributed by atoms with Gasteiger partial charge in [-0.1, -0.05) is 40.9 Å². The van der Waals surface area contributed by atoms with Crippen LogP contribution in [0, 0.1) is 0 Å². The van der Waals surface area contributed by atoms with Crippen LogP contribution < -0.4 is 10.1 Å². The number of hydrogen-bond acceptors (Lipinski definition) is 4. The minimum Gasteiger partial charge on any atom is -0.452 e. The molecule has 0 saturated carbocycles. The van der Waals surface area contributed by atoms with Gasteiger partial charge in [0.2, 0.25) is 0 Å². The summed E-state index contributed by atoms with van der Waals surface area (Å²) in [7, 11) is 0. The lowest BCUT2D eigenvalue weighted by atomic mass is 10.2. The molecule has 0 aliphatic heterocycles. The van der Waals surface area contributed by atoms with E-state index in [4.69, 9.17) is 39.5 Å². The Kier molecular flexibility index (Phi) is 7.02. The Balaban J connectivity index is 1.95. The van der Waals surface area contributed by atoms with Gasteiger partial charge in [0.1, 0.15) is 5.75 Å². The second-order valence-electron chi connectivity index (χ2n) is 4.78. The minimum atomic E-state index is -3.03. The van der Waals surface area contributed by atoms with E-state index in [1.807, 2.05) is 0 Å². The molecular weight excluding hydrogens is 415 g/mol. The van der Waals surface area contributed by atoms with E-state index in [0.29, 0.717) is 0 Å². The number of nitrogens with one attached hydrogen (secondary N) is 1. The molecule has 1 N–H and O–H groups in total. The van der Waals surface area contributed by atoms with Crippen LogP contribution in [-0.4, -0.2) is 25.1 Å². The van der Waals surface area contributed by atoms with Crippen molar-refractivity contribution in [2.45, 2.75) is 6.61 Å². The normalized spacial score (nSPS) is 10.5. The molecule has 0 spiro atoms. The Labute approximate surface area is 161 Å². The minimum absolute atomic E-state index is 0.0523. The van der Waals surface area contributed by atoms with Crippen LogP contribution in [0.25, 0.3) is 0 Å². The van der Waals surface area contributed by atoms with Crippen molar-refractivity contribution in [1.29, 1.82) is 0 Å². The molecule has 2 aromatic rings. The van der Waals surface area contributed by atoms with Gasteiger partial charge in [0, 0.05) is 0 Å². The lowest BCUT2D eigenvalue weighted by Crippen LogP contribution is -2.21. The summed E-state index contributed by atoms with van der Waals surface area (Å²) in [5.74, 6) is -1.78. The Bertz CT molecular complexity index is 833. The number of halogens is 5. The Morgan fingerprint density at radius 3 is 2.42 bits per heavy atom. The maximum atomic E-state index is 12.2. The van der Waals surface area contributed by atoms with Crippen LogP contribution in [0.3, 0.4) is 0 Å². The molecule has 0 aliphatic rings. The molecule has 26 heavy (non-hydrogen) atoms. The molecule has 0 aliphatic carbocycles. The molecule has 1 amide bonds. The summed E-state index contributed by atoms with van der Waals surface area (Å²) in [4.78, 5) is 23.8. The molecule has 0 saturated heterocycles. The summed E-state index contributed by atoms with van der Waals surface area (Å²) in [5.41, 5.74) is 0.137. The van der Waals surface area contributed by atoms with Gasteiger partial charge < -0.3 is 14.8 Å². The predicted octanol–water partition coefficient (Wildman–Crippen LogP) is 5.04. The molecule has 0 aromatic heterocycles. The first-order chi connectivity index (χ1) is 12.3. The summed E-state index contributed by atoms with van der Waals surface area (Å²) in [6.45, 7) is -3.65. The van der Waals surface area contributed by atoms with Gasteiger partial charge in [0.05, 0.1) is 26.3 Å². The SMILES string of the molecule is O=C(COC(=O)c1cccc(OC(F)F)c1)Nc1cc(Cl)c(Cl)cc1Cl. The third-order valence-electron chi connectivity index (χ3n) is 2.91. The molecule has 0 unspecified atom stereocenters. The number of esters is 1. The van der Waals surface area contributed by atoms with E-state index in [2.05, 4.69) is 10.1 Å². The van der Waals surface area contributed by atoms with Crippen molar-refractivity contribution in [3.8, 4) is 5.75 Å². The van der Waals surface area contributed by atoms with Crippen molar-refractivity contribution in [3.63, 3.8) is 0 Å². The topological polar surface area (TPSA) is 64.6 Å². The van der Waals surface area contributed by atoms with Crippen molar-refractivity contribution in [2.75, 3.05) is 11.9 Å². The average molecular weight is 425 g/mol. The monoisotopic (exact) mass is 423 g/mol. The molecule has 0 heterocycles. The maximum Gasteiger partial charge on any atom is 0.387 e. The molecule has 2 aromatic carbocycles. The summed E-state index contributed by atoms with van der Waals surface area (Å²) in [6.07, 6.45) is 0. The van der Waals surface area contributed by atoms with Crippen molar-refractivity contribution in [3.05, 3.63) is 57.0 Å². The van der Waals surface area contributed by atoms with Gasteiger partial charge in [-0.3, -0.25) is 4.79 Å². The van der Waals surface area contributed by atoms with E-state index in [1.54, 1.807) is 0 Å². The van der Waals surface area contributed by atoms with Crippen LogP contribution in [0.2, 0.25) is 15.1 Å². The van der Waals surface area contributed by atoms with Gasteiger partial charge in [-0.25, -0.2) is 4.79 Å². The highest BCUT2D eigenvalue weighted by atomic mass is 35.5. The molecule has 138 valence electrons. The summed E-state index contributed by atoms with van der Waals surface area (Å²) >= 11 is 17.5. The van der Waals surface area contributed by atoms with E-state index >= 15 is 0 Å². The van der Waals surface area contributed by atoms with Crippen molar-refractivity contribution < 1.29 is 27.8 Å². The number of rotatable bonds is 6. The first-order valence-corrected chi connectivity index (χ1v) is 8.06. The first kappa shape index (κ1) is 20.2. The fourth-order valence-corrected chi connectivity index (χ4v) is 2.41. The molecule has 5 nitrogen and oxygen atoms in total. The number of ether oxygens (including phenoxy) is 2. The quantitative estimate of drug-likeness (QED) is 0.521. The Morgan fingerprint density at radius 2 is 1.73 bits per heavy atom. The van der Waals surface area contributed by atoms with E-state index in [0.717, 1.165) is 6.07 Å². The highest BCUT2D eigenvalue weighted by molar-refractivity contribution is 6.44. The first-order valence-electron chi connectivity index (χ1n) is 6.92. The number of alkyl halides is 2. The second kappa shape index (κ2) is 9.02. The van der Waals surface area contributed by atoms with Crippen molar-refractivity contribution in [1.82, 2.24) is 0 Å². The maximum absolute atomic E-state index is 12.2. The Hall–Kier alpha value is -2.09. The molecule has 0 radical (unpaired) electrons. The smallest absolute Gasteiger partial charge is 0.387 e.